The van der Waals surface area contributed by atoms with Gasteiger partial charge >= 0.3 is 11.3 Å². The van der Waals surface area contributed by atoms with Gasteiger partial charge in [-0.1, -0.05) is 6.07 Å². The quantitative estimate of drug-likeness (QED) is 0.443. The molecule has 0 spiro atoms. The van der Waals surface area contributed by atoms with Crippen molar-refractivity contribution in [3.63, 3.8) is 0 Å². The molecule has 0 amide bonds. The van der Waals surface area contributed by atoms with Crippen LogP contribution in [0.3, 0.4) is 0 Å². The second kappa shape index (κ2) is 8.40. The second-order valence-corrected chi connectivity index (χ2v) is 7.85. The van der Waals surface area contributed by atoms with E-state index in [9.17, 15) is 20.2 Å². The Kier molecular flexibility index (Phi) is 5.58. The van der Waals surface area contributed by atoms with Crippen LogP contribution in [0.2, 0.25) is 0 Å². The first-order valence-electron chi connectivity index (χ1n) is 10.2. The van der Waals surface area contributed by atoms with Gasteiger partial charge in [0.25, 0.3) is 0 Å². The molecule has 11 heteroatoms. The molecule has 2 aromatic heterocycles. The van der Waals surface area contributed by atoms with E-state index in [0.717, 1.165) is 0 Å². The number of rotatable bonds is 5. The average molecular weight is 463 g/mol. The molecule has 11 nitrogen and oxygen atoms in total. The molecule has 0 radical (unpaired) electrons. The summed E-state index contributed by atoms with van der Waals surface area (Å²) in [5.41, 5.74) is 7.47. The lowest BCUT2D eigenvalue weighted by Gasteiger charge is -2.26. The Balaban J connectivity index is 1.87. The topological polar surface area (TPSA) is 159 Å². The molecule has 2 N–H and O–H groups in total. The summed E-state index contributed by atoms with van der Waals surface area (Å²) in [5, 5.41) is 25.5. The predicted molar refractivity (Wildman–Crippen MR) is 119 cm³/mol. The second-order valence-electron chi connectivity index (χ2n) is 7.85. The minimum Gasteiger partial charge on any atom is -0.496 e. The molecule has 1 aromatic carbocycles. The van der Waals surface area contributed by atoms with Gasteiger partial charge in [-0.2, -0.15) is 10.4 Å². The van der Waals surface area contributed by atoms with Gasteiger partial charge in [-0.25, -0.2) is 4.79 Å². The van der Waals surface area contributed by atoms with Crippen molar-refractivity contribution in [1.82, 2.24) is 9.78 Å². The van der Waals surface area contributed by atoms with Gasteiger partial charge in [0, 0.05) is 11.6 Å². The number of nitrogens with two attached hydrogens (primary N) is 1. The van der Waals surface area contributed by atoms with Crippen molar-refractivity contribution in [3.8, 4) is 17.6 Å². The third-order valence-electron chi connectivity index (χ3n) is 5.74. The van der Waals surface area contributed by atoms with Crippen LogP contribution in [0.4, 0.5) is 5.69 Å². The van der Waals surface area contributed by atoms with E-state index < -0.39 is 16.5 Å². The molecule has 0 saturated heterocycles. The van der Waals surface area contributed by atoms with E-state index in [0.29, 0.717) is 34.0 Å². The number of fused-ring (bicyclic) bond motifs is 1. The van der Waals surface area contributed by atoms with Crippen LogP contribution in [0.15, 0.2) is 44.9 Å². The number of nitro groups is 1. The number of nitrogens with zero attached hydrogens (tertiary/aromatic N) is 4. The summed E-state index contributed by atoms with van der Waals surface area (Å²) < 4.78 is 17.8. The fraction of sp³-hybridized carbons (Fsp3) is 0.261. The standard InChI is InChI=1S/C23H21N5O6/c1-11-7-18-20(23(29)33-11)19(16(9-24)22(25)34-18)14-5-6-17(32-4)15(8-14)10-27-13(3)21(28(30)31)12(2)26-27/h5-8,19H,10,25H2,1-4H3. The van der Waals surface area contributed by atoms with Gasteiger partial charge in [0.2, 0.25) is 5.88 Å². The van der Waals surface area contributed by atoms with Gasteiger partial charge < -0.3 is 19.6 Å². The van der Waals surface area contributed by atoms with Crippen molar-refractivity contribution in [3.05, 3.63) is 90.1 Å². The first kappa shape index (κ1) is 22.6. The minimum absolute atomic E-state index is 0.0519. The van der Waals surface area contributed by atoms with Crippen molar-refractivity contribution < 1.29 is 18.8 Å². The average Bonchev–Trinajstić information content (AvgIpc) is 3.05. The van der Waals surface area contributed by atoms with Gasteiger partial charge in [-0.3, -0.25) is 14.8 Å². The maximum atomic E-state index is 12.8. The number of nitriles is 1. The third kappa shape index (κ3) is 3.65. The first-order chi connectivity index (χ1) is 16.2. The molecule has 1 aliphatic rings. The van der Waals surface area contributed by atoms with Crippen molar-refractivity contribution >= 4 is 5.69 Å². The van der Waals surface area contributed by atoms with E-state index in [2.05, 4.69) is 5.10 Å². The van der Waals surface area contributed by atoms with E-state index in [1.165, 1.54) is 11.8 Å². The lowest BCUT2D eigenvalue weighted by molar-refractivity contribution is -0.386. The summed E-state index contributed by atoms with van der Waals surface area (Å²) in [5.74, 6) is 0.151. The Hall–Kier alpha value is -4.59. The zero-order valence-corrected chi connectivity index (χ0v) is 18.9. The van der Waals surface area contributed by atoms with Gasteiger partial charge in [0.05, 0.1) is 30.1 Å². The number of allylic oxidation sites excluding steroid dienone is 1. The highest BCUT2D eigenvalue weighted by Gasteiger charge is 2.34. The Labute approximate surface area is 193 Å². The fourth-order valence-corrected chi connectivity index (χ4v) is 4.22. The number of aryl methyl sites for hydroxylation is 2. The van der Waals surface area contributed by atoms with Crippen LogP contribution in [0.1, 0.15) is 39.8 Å². The molecule has 0 fully saturated rings. The molecule has 34 heavy (non-hydrogen) atoms. The van der Waals surface area contributed by atoms with Crippen LogP contribution in [-0.2, 0) is 6.54 Å². The summed E-state index contributed by atoms with van der Waals surface area (Å²) in [7, 11) is 1.50. The molecule has 3 aromatic rings. The van der Waals surface area contributed by atoms with Crippen molar-refractivity contribution in [2.24, 2.45) is 5.73 Å². The van der Waals surface area contributed by atoms with E-state index in [4.69, 9.17) is 19.6 Å². The van der Waals surface area contributed by atoms with Crippen molar-refractivity contribution in [1.29, 1.82) is 5.26 Å². The van der Waals surface area contributed by atoms with E-state index in [1.54, 1.807) is 45.0 Å². The maximum absolute atomic E-state index is 12.8. The smallest absolute Gasteiger partial charge is 0.343 e. The maximum Gasteiger partial charge on any atom is 0.343 e. The number of ether oxygens (including phenoxy) is 2. The van der Waals surface area contributed by atoms with E-state index in [-0.39, 0.29) is 35.0 Å². The Morgan fingerprint density at radius 3 is 2.68 bits per heavy atom. The van der Waals surface area contributed by atoms with Gasteiger partial charge in [0.15, 0.2) is 0 Å². The summed E-state index contributed by atoms with van der Waals surface area (Å²) in [6.07, 6.45) is 0. The molecule has 0 bridgehead atoms. The lowest BCUT2D eigenvalue weighted by Crippen LogP contribution is -2.26. The minimum atomic E-state index is -0.829. The number of benzene rings is 1. The number of hydrogen-bond acceptors (Lipinski definition) is 9. The molecular formula is C23H21N5O6. The highest BCUT2D eigenvalue weighted by molar-refractivity contribution is 5.56. The summed E-state index contributed by atoms with van der Waals surface area (Å²) in [4.78, 5) is 23.7. The lowest BCUT2D eigenvalue weighted by atomic mass is 9.83. The van der Waals surface area contributed by atoms with Crippen LogP contribution in [0.25, 0.3) is 0 Å². The normalized spacial score (nSPS) is 14.9. The molecule has 0 saturated carbocycles. The number of hydrogen-bond donors (Lipinski definition) is 1. The molecule has 1 unspecified atom stereocenters. The molecule has 0 aliphatic carbocycles. The van der Waals surface area contributed by atoms with Crippen molar-refractivity contribution in [2.75, 3.05) is 7.11 Å². The largest absolute Gasteiger partial charge is 0.496 e. The number of methoxy groups -OCH3 is 1. The van der Waals surface area contributed by atoms with Gasteiger partial charge in [-0.15, -0.1) is 0 Å². The van der Waals surface area contributed by atoms with Crippen LogP contribution < -0.4 is 20.8 Å². The molecule has 1 aliphatic heterocycles. The number of aromatic nitrogens is 2. The Morgan fingerprint density at radius 1 is 1.32 bits per heavy atom. The highest BCUT2D eigenvalue weighted by Crippen LogP contribution is 2.41. The van der Waals surface area contributed by atoms with Crippen LogP contribution in [0, 0.1) is 42.2 Å². The van der Waals surface area contributed by atoms with E-state index in [1.807, 2.05) is 6.07 Å². The monoisotopic (exact) mass is 463 g/mol. The molecule has 4 rings (SSSR count). The SMILES string of the molecule is COc1ccc(C2C(C#N)=C(N)Oc3cc(C)oc(=O)c32)cc1Cn1nc(C)c([N+](=O)[O-])c1C. The highest BCUT2D eigenvalue weighted by atomic mass is 16.6. The molecule has 3 heterocycles. The zero-order chi connectivity index (χ0) is 24.7. The molecule has 174 valence electrons. The van der Waals surface area contributed by atoms with Gasteiger partial charge in [0.1, 0.15) is 40.3 Å². The van der Waals surface area contributed by atoms with Crippen LogP contribution in [-0.4, -0.2) is 21.8 Å². The van der Waals surface area contributed by atoms with Gasteiger partial charge in [-0.05, 0) is 38.5 Å². The molecular weight excluding hydrogens is 442 g/mol. The molecule has 1 atom stereocenters. The Morgan fingerprint density at radius 2 is 2.06 bits per heavy atom. The van der Waals surface area contributed by atoms with Crippen molar-refractivity contribution in [2.45, 2.75) is 33.2 Å². The van der Waals surface area contributed by atoms with Crippen LogP contribution >= 0.6 is 0 Å². The summed E-state index contributed by atoms with van der Waals surface area (Å²) >= 11 is 0. The summed E-state index contributed by atoms with van der Waals surface area (Å²) in [6, 6.07) is 8.75. The third-order valence-corrected chi connectivity index (χ3v) is 5.74. The van der Waals surface area contributed by atoms with Crippen LogP contribution in [0.5, 0.6) is 11.5 Å². The predicted octanol–water partition coefficient (Wildman–Crippen LogP) is 2.94. The Bertz CT molecular complexity index is 1460. The fourth-order valence-electron chi connectivity index (χ4n) is 4.22. The zero-order valence-electron chi connectivity index (χ0n) is 18.9. The van der Waals surface area contributed by atoms with E-state index >= 15 is 0 Å². The first-order valence-corrected chi connectivity index (χ1v) is 10.2. The summed E-state index contributed by atoms with van der Waals surface area (Å²) in [6.45, 7) is 4.96.